The number of nitrogens with zero attached hydrogens (tertiary/aromatic N) is 2. The highest BCUT2D eigenvalue weighted by Gasteiger charge is 2.33. The Hall–Kier alpha value is -3.97. The minimum absolute atomic E-state index is 0.196. The van der Waals surface area contributed by atoms with Crippen molar-refractivity contribution in [2.24, 2.45) is 4.99 Å². The van der Waals surface area contributed by atoms with E-state index in [-0.39, 0.29) is 12.2 Å². The lowest BCUT2D eigenvalue weighted by Gasteiger charge is -2.24. The largest absolute Gasteiger partial charge is 0.496 e. The minimum atomic E-state index is -0.615. The summed E-state index contributed by atoms with van der Waals surface area (Å²) >= 11 is 1.32. The first-order valence-corrected chi connectivity index (χ1v) is 12.6. The highest BCUT2D eigenvalue weighted by molar-refractivity contribution is 7.07. The number of carbonyl (C=O) groups excluding carboxylic acids is 1. The van der Waals surface area contributed by atoms with Crippen LogP contribution in [0.15, 0.2) is 81.7 Å². The molecule has 36 heavy (non-hydrogen) atoms. The van der Waals surface area contributed by atoms with Gasteiger partial charge in [-0.2, -0.15) is 0 Å². The highest BCUT2D eigenvalue weighted by atomic mass is 32.1. The van der Waals surface area contributed by atoms with Gasteiger partial charge in [-0.05, 0) is 49.4 Å². The SMILES string of the molecule is CCOC(=O)C1=C(C)N=c2s/c(=C/c3ccc(OC)c4ccccc34)c(=O)n2C1c1ccc(C)cc1. The van der Waals surface area contributed by atoms with Crippen molar-refractivity contribution in [1.82, 2.24) is 4.57 Å². The molecule has 0 amide bonds. The van der Waals surface area contributed by atoms with Gasteiger partial charge in [-0.15, -0.1) is 0 Å². The molecule has 1 atom stereocenters. The maximum Gasteiger partial charge on any atom is 0.338 e. The predicted octanol–water partition coefficient (Wildman–Crippen LogP) is 4.27. The Morgan fingerprint density at radius 3 is 2.47 bits per heavy atom. The lowest BCUT2D eigenvalue weighted by molar-refractivity contribution is -0.139. The normalized spacial score (nSPS) is 15.6. The Bertz CT molecular complexity index is 1690. The number of allylic oxidation sites excluding steroid dienone is 1. The zero-order chi connectivity index (χ0) is 25.4. The second-order valence-corrected chi connectivity index (χ2v) is 9.62. The number of carbonyl (C=O) groups is 1. The zero-order valence-electron chi connectivity index (χ0n) is 20.6. The fourth-order valence-electron chi connectivity index (χ4n) is 4.60. The number of aryl methyl sites for hydroxylation is 1. The third-order valence-corrected chi connectivity index (χ3v) is 7.32. The lowest BCUT2D eigenvalue weighted by atomic mass is 9.95. The Morgan fingerprint density at radius 2 is 1.78 bits per heavy atom. The summed E-state index contributed by atoms with van der Waals surface area (Å²) in [6.07, 6.45) is 1.89. The van der Waals surface area contributed by atoms with Crippen molar-refractivity contribution in [3.8, 4) is 5.75 Å². The maximum absolute atomic E-state index is 13.8. The average molecular weight is 499 g/mol. The Balaban J connectivity index is 1.75. The molecule has 3 aromatic carbocycles. The van der Waals surface area contributed by atoms with E-state index in [2.05, 4.69) is 4.99 Å². The number of fused-ring (bicyclic) bond motifs is 2. The molecular weight excluding hydrogens is 472 g/mol. The molecule has 0 fully saturated rings. The molecule has 1 aliphatic rings. The molecule has 182 valence electrons. The molecule has 7 heteroatoms. The molecule has 0 saturated heterocycles. The van der Waals surface area contributed by atoms with Crippen molar-refractivity contribution in [3.05, 3.63) is 108 Å². The van der Waals surface area contributed by atoms with Crippen LogP contribution in [0, 0.1) is 6.92 Å². The molecule has 0 spiro atoms. The molecular formula is C29H26N2O4S. The van der Waals surface area contributed by atoms with Gasteiger partial charge in [0.1, 0.15) is 5.75 Å². The van der Waals surface area contributed by atoms with Gasteiger partial charge in [0.05, 0.1) is 35.6 Å². The number of benzene rings is 3. The lowest BCUT2D eigenvalue weighted by Crippen LogP contribution is -2.39. The molecule has 0 radical (unpaired) electrons. The van der Waals surface area contributed by atoms with E-state index in [1.54, 1.807) is 25.5 Å². The standard InChI is InChI=1S/C29H26N2O4S/c1-5-35-28(33)25-18(3)30-29-31(26(25)19-12-10-17(2)11-13-19)27(32)24(36-29)16-20-14-15-23(34-4)22-9-7-6-8-21(20)22/h6-16,26H,5H2,1-4H3/b24-16+. The number of methoxy groups -OCH3 is 1. The number of thiazole rings is 1. The average Bonchev–Trinajstić information content (AvgIpc) is 3.18. The number of hydrogen-bond acceptors (Lipinski definition) is 6. The number of esters is 1. The van der Waals surface area contributed by atoms with Crippen LogP contribution in [0.2, 0.25) is 0 Å². The van der Waals surface area contributed by atoms with Crippen LogP contribution in [0.25, 0.3) is 16.8 Å². The fourth-order valence-corrected chi connectivity index (χ4v) is 5.63. The quantitative estimate of drug-likeness (QED) is 0.386. The Labute approximate surface area is 212 Å². The van der Waals surface area contributed by atoms with Crippen LogP contribution in [0.5, 0.6) is 5.75 Å². The fraction of sp³-hybridized carbons (Fsp3) is 0.207. The molecule has 1 aromatic heterocycles. The van der Waals surface area contributed by atoms with Crippen LogP contribution in [0.1, 0.15) is 36.6 Å². The summed E-state index contributed by atoms with van der Waals surface area (Å²) < 4.78 is 13.0. The van der Waals surface area contributed by atoms with Gasteiger partial charge >= 0.3 is 5.97 Å². The van der Waals surface area contributed by atoms with Crippen molar-refractivity contribution < 1.29 is 14.3 Å². The zero-order valence-corrected chi connectivity index (χ0v) is 21.4. The van der Waals surface area contributed by atoms with Crippen LogP contribution >= 0.6 is 11.3 Å². The van der Waals surface area contributed by atoms with Crippen molar-refractivity contribution in [2.45, 2.75) is 26.8 Å². The number of rotatable bonds is 5. The van der Waals surface area contributed by atoms with Crippen molar-refractivity contribution in [3.63, 3.8) is 0 Å². The van der Waals surface area contributed by atoms with Crippen LogP contribution in [-0.4, -0.2) is 24.3 Å². The van der Waals surface area contributed by atoms with Crippen molar-refractivity contribution in [1.29, 1.82) is 0 Å². The second kappa shape index (κ2) is 9.59. The summed E-state index contributed by atoms with van der Waals surface area (Å²) in [5, 5.41) is 1.96. The summed E-state index contributed by atoms with van der Waals surface area (Å²) in [6.45, 7) is 5.80. The molecule has 1 unspecified atom stereocenters. The predicted molar refractivity (Wildman–Crippen MR) is 142 cm³/mol. The first-order chi connectivity index (χ1) is 17.4. The third-order valence-electron chi connectivity index (χ3n) is 6.33. The monoisotopic (exact) mass is 498 g/mol. The summed E-state index contributed by atoms with van der Waals surface area (Å²) in [6, 6.07) is 19.0. The minimum Gasteiger partial charge on any atom is -0.496 e. The first-order valence-electron chi connectivity index (χ1n) is 11.7. The van der Waals surface area contributed by atoms with E-state index in [1.165, 1.54) is 11.3 Å². The van der Waals surface area contributed by atoms with Gasteiger partial charge in [-0.3, -0.25) is 9.36 Å². The van der Waals surface area contributed by atoms with E-state index in [0.29, 0.717) is 20.6 Å². The number of ether oxygens (including phenoxy) is 2. The molecule has 5 rings (SSSR count). The number of hydrogen-bond donors (Lipinski definition) is 0. The van der Waals surface area contributed by atoms with Gasteiger partial charge in [0.2, 0.25) is 0 Å². The summed E-state index contributed by atoms with van der Waals surface area (Å²) in [5.41, 5.74) is 3.58. The van der Waals surface area contributed by atoms with Gasteiger partial charge in [0, 0.05) is 5.39 Å². The highest BCUT2D eigenvalue weighted by Crippen LogP contribution is 2.31. The van der Waals surface area contributed by atoms with Crippen LogP contribution in [0.4, 0.5) is 0 Å². The molecule has 4 aromatic rings. The molecule has 0 N–H and O–H groups in total. The van der Waals surface area contributed by atoms with E-state index in [0.717, 1.165) is 33.2 Å². The van der Waals surface area contributed by atoms with Crippen LogP contribution in [-0.2, 0) is 9.53 Å². The summed E-state index contributed by atoms with van der Waals surface area (Å²) in [7, 11) is 1.65. The third kappa shape index (κ3) is 4.05. The van der Waals surface area contributed by atoms with E-state index in [4.69, 9.17) is 9.47 Å². The van der Waals surface area contributed by atoms with Crippen LogP contribution in [0.3, 0.4) is 0 Å². The number of aromatic nitrogens is 1. The smallest absolute Gasteiger partial charge is 0.338 e. The molecule has 1 aliphatic heterocycles. The maximum atomic E-state index is 13.8. The first kappa shape index (κ1) is 23.8. The Kier molecular flexibility index (Phi) is 6.33. The van der Waals surface area contributed by atoms with Gasteiger partial charge in [0.25, 0.3) is 5.56 Å². The van der Waals surface area contributed by atoms with Gasteiger partial charge in [0.15, 0.2) is 4.80 Å². The molecule has 0 bridgehead atoms. The Morgan fingerprint density at radius 1 is 1.06 bits per heavy atom. The second-order valence-electron chi connectivity index (χ2n) is 8.62. The van der Waals surface area contributed by atoms with E-state index >= 15 is 0 Å². The van der Waals surface area contributed by atoms with Gasteiger partial charge in [-0.25, -0.2) is 9.79 Å². The van der Waals surface area contributed by atoms with E-state index in [9.17, 15) is 9.59 Å². The van der Waals surface area contributed by atoms with E-state index in [1.807, 2.05) is 73.7 Å². The molecule has 0 aliphatic carbocycles. The molecule has 2 heterocycles. The topological polar surface area (TPSA) is 69.9 Å². The van der Waals surface area contributed by atoms with Gasteiger partial charge in [-0.1, -0.05) is 71.5 Å². The van der Waals surface area contributed by atoms with Crippen molar-refractivity contribution in [2.75, 3.05) is 13.7 Å². The van der Waals surface area contributed by atoms with E-state index < -0.39 is 12.0 Å². The molecule has 0 saturated carbocycles. The van der Waals surface area contributed by atoms with Crippen LogP contribution < -0.4 is 19.6 Å². The van der Waals surface area contributed by atoms with Crippen molar-refractivity contribution >= 4 is 34.2 Å². The van der Waals surface area contributed by atoms with Gasteiger partial charge < -0.3 is 9.47 Å². The summed E-state index contributed by atoms with van der Waals surface area (Å²) in [5.74, 6) is 0.318. The summed E-state index contributed by atoms with van der Waals surface area (Å²) in [4.78, 5) is 32.1. The molecule has 6 nitrogen and oxygen atoms in total.